The lowest BCUT2D eigenvalue weighted by Crippen LogP contribution is -2.30. The minimum absolute atomic E-state index is 0.314. The van der Waals surface area contributed by atoms with E-state index in [1.807, 2.05) is 68.4 Å². The van der Waals surface area contributed by atoms with Crippen molar-refractivity contribution in [2.24, 2.45) is 0 Å². The van der Waals surface area contributed by atoms with Crippen molar-refractivity contribution >= 4 is 20.8 Å². The summed E-state index contributed by atoms with van der Waals surface area (Å²) in [4.78, 5) is 0.314. The van der Waals surface area contributed by atoms with Gasteiger partial charge in [-0.2, -0.15) is 4.31 Å². The Balaban J connectivity index is 2.07. The van der Waals surface area contributed by atoms with E-state index in [0.29, 0.717) is 35.7 Å². The van der Waals surface area contributed by atoms with Crippen molar-refractivity contribution in [2.45, 2.75) is 25.3 Å². The lowest BCUT2D eigenvalue weighted by atomic mass is 10.1. The third kappa shape index (κ3) is 3.59. The summed E-state index contributed by atoms with van der Waals surface area (Å²) in [5.41, 5.74) is 0.966. The zero-order valence-corrected chi connectivity index (χ0v) is 15.9. The van der Waals surface area contributed by atoms with Crippen molar-refractivity contribution in [3.05, 3.63) is 72.3 Å². The van der Waals surface area contributed by atoms with Crippen LogP contribution in [0.15, 0.2) is 71.6 Å². The second-order valence-corrected chi connectivity index (χ2v) is 7.86. The summed E-state index contributed by atoms with van der Waals surface area (Å²) in [6.07, 6.45) is 0. The molecule has 136 valence electrons. The molecule has 3 aromatic rings. The van der Waals surface area contributed by atoms with Crippen LogP contribution in [0.1, 0.15) is 19.4 Å². The third-order valence-corrected chi connectivity index (χ3v) is 6.30. The van der Waals surface area contributed by atoms with E-state index in [9.17, 15) is 8.42 Å². The Morgan fingerprint density at radius 2 is 1.50 bits per heavy atom. The fourth-order valence-corrected chi connectivity index (χ4v) is 4.68. The highest BCUT2D eigenvalue weighted by Gasteiger charge is 2.26. The molecule has 0 radical (unpaired) electrons. The van der Waals surface area contributed by atoms with Gasteiger partial charge < -0.3 is 4.74 Å². The van der Waals surface area contributed by atoms with Crippen LogP contribution in [0.2, 0.25) is 0 Å². The van der Waals surface area contributed by atoms with Gasteiger partial charge in [0, 0.05) is 23.9 Å². The molecule has 0 spiro atoms. The van der Waals surface area contributed by atoms with Gasteiger partial charge in [0.05, 0.1) is 11.5 Å². The van der Waals surface area contributed by atoms with Crippen LogP contribution in [0.4, 0.5) is 0 Å². The van der Waals surface area contributed by atoms with Crippen molar-refractivity contribution in [3.8, 4) is 5.75 Å². The molecule has 26 heavy (non-hydrogen) atoms. The smallest absolute Gasteiger partial charge is 0.243 e. The van der Waals surface area contributed by atoms with Crippen LogP contribution in [0, 0.1) is 0 Å². The largest absolute Gasteiger partial charge is 0.493 e. The maximum atomic E-state index is 13.3. The fraction of sp³-hybridized carbons (Fsp3) is 0.238. The zero-order valence-electron chi connectivity index (χ0n) is 15.1. The van der Waals surface area contributed by atoms with E-state index in [0.717, 1.165) is 10.9 Å². The van der Waals surface area contributed by atoms with Crippen LogP contribution >= 0.6 is 0 Å². The maximum absolute atomic E-state index is 13.3. The average molecular weight is 369 g/mol. The number of fused-ring (bicyclic) bond motifs is 1. The standard InChI is InChI=1S/C21H23NO3S/c1-3-22(16-17-10-6-5-7-11-17)26(23,24)21-15-14-20(25-4-2)18-12-8-9-13-19(18)21/h5-15H,3-4,16H2,1-2H3. The van der Waals surface area contributed by atoms with Gasteiger partial charge in [-0.05, 0) is 24.6 Å². The van der Waals surface area contributed by atoms with Crippen molar-refractivity contribution in [2.75, 3.05) is 13.2 Å². The van der Waals surface area contributed by atoms with Gasteiger partial charge in [0.25, 0.3) is 0 Å². The van der Waals surface area contributed by atoms with Gasteiger partial charge in [-0.25, -0.2) is 8.42 Å². The highest BCUT2D eigenvalue weighted by Crippen LogP contribution is 2.33. The topological polar surface area (TPSA) is 46.6 Å². The number of hydrogen-bond acceptors (Lipinski definition) is 3. The highest BCUT2D eigenvalue weighted by molar-refractivity contribution is 7.89. The van der Waals surface area contributed by atoms with Gasteiger partial charge >= 0.3 is 0 Å². The van der Waals surface area contributed by atoms with Crippen molar-refractivity contribution in [1.29, 1.82) is 0 Å². The molecule has 0 unspecified atom stereocenters. The first-order valence-corrected chi connectivity index (χ1v) is 10.2. The van der Waals surface area contributed by atoms with E-state index in [2.05, 4.69) is 0 Å². The minimum Gasteiger partial charge on any atom is -0.493 e. The van der Waals surface area contributed by atoms with Crippen LogP contribution in [0.3, 0.4) is 0 Å². The predicted octanol–water partition coefficient (Wildman–Crippen LogP) is 4.45. The molecule has 3 rings (SSSR count). The van der Waals surface area contributed by atoms with Crippen LogP contribution in [0.5, 0.6) is 5.75 Å². The molecular weight excluding hydrogens is 346 g/mol. The lowest BCUT2D eigenvalue weighted by Gasteiger charge is -2.22. The molecule has 0 bridgehead atoms. The Labute approximate surface area is 155 Å². The van der Waals surface area contributed by atoms with Gasteiger partial charge in [0.1, 0.15) is 5.75 Å². The van der Waals surface area contributed by atoms with Crippen LogP contribution in [-0.4, -0.2) is 25.9 Å². The molecular formula is C21H23NO3S. The number of sulfonamides is 1. The van der Waals surface area contributed by atoms with Gasteiger partial charge in [0.15, 0.2) is 0 Å². The fourth-order valence-electron chi connectivity index (χ4n) is 3.04. The highest BCUT2D eigenvalue weighted by atomic mass is 32.2. The van der Waals surface area contributed by atoms with Crippen LogP contribution < -0.4 is 4.74 Å². The van der Waals surface area contributed by atoms with Gasteiger partial charge in [-0.1, -0.05) is 61.5 Å². The zero-order chi connectivity index (χ0) is 18.6. The molecule has 0 saturated heterocycles. The molecule has 0 aliphatic carbocycles. The van der Waals surface area contributed by atoms with E-state index in [4.69, 9.17) is 4.74 Å². The first kappa shape index (κ1) is 18.4. The quantitative estimate of drug-likeness (QED) is 0.618. The van der Waals surface area contributed by atoms with Crippen molar-refractivity contribution in [1.82, 2.24) is 4.31 Å². The summed E-state index contributed by atoms with van der Waals surface area (Å²) in [6.45, 7) is 5.06. The molecule has 0 aromatic heterocycles. The number of benzene rings is 3. The Kier molecular flexibility index (Phi) is 5.59. The third-order valence-electron chi connectivity index (χ3n) is 4.32. The minimum atomic E-state index is -3.63. The average Bonchev–Trinajstić information content (AvgIpc) is 2.67. The number of ether oxygens (including phenoxy) is 1. The van der Waals surface area contributed by atoms with E-state index in [1.165, 1.54) is 4.31 Å². The molecule has 0 heterocycles. The SMILES string of the molecule is CCOc1ccc(S(=O)(=O)N(CC)Cc2ccccc2)c2ccccc12. The predicted molar refractivity (Wildman–Crippen MR) is 105 cm³/mol. The molecule has 0 aliphatic heterocycles. The molecule has 0 aliphatic rings. The summed E-state index contributed by atoms with van der Waals surface area (Å²) in [5, 5.41) is 1.50. The molecule has 0 fully saturated rings. The Bertz CT molecular complexity index is 985. The molecule has 5 heteroatoms. The van der Waals surface area contributed by atoms with Crippen molar-refractivity contribution in [3.63, 3.8) is 0 Å². The summed E-state index contributed by atoms with van der Waals surface area (Å²) >= 11 is 0. The van der Waals surface area contributed by atoms with E-state index < -0.39 is 10.0 Å². The number of rotatable bonds is 7. The van der Waals surface area contributed by atoms with E-state index in [1.54, 1.807) is 12.1 Å². The summed E-state index contributed by atoms with van der Waals surface area (Å²) in [7, 11) is -3.63. The van der Waals surface area contributed by atoms with Crippen LogP contribution in [-0.2, 0) is 16.6 Å². The van der Waals surface area contributed by atoms with E-state index >= 15 is 0 Å². The molecule has 0 N–H and O–H groups in total. The molecule has 4 nitrogen and oxygen atoms in total. The summed E-state index contributed by atoms with van der Waals surface area (Å²) in [6, 6.07) is 20.5. The molecule has 3 aromatic carbocycles. The molecule has 0 amide bonds. The Morgan fingerprint density at radius 3 is 2.15 bits per heavy atom. The number of hydrogen-bond donors (Lipinski definition) is 0. The monoisotopic (exact) mass is 369 g/mol. The van der Waals surface area contributed by atoms with Gasteiger partial charge in [-0.15, -0.1) is 0 Å². The first-order valence-electron chi connectivity index (χ1n) is 8.76. The lowest BCUT2D eigenvalue weighted by molar-refractivity contribution is 0.344. The van der Waals surface area contributed by atoms with Gasteiger partial charge in [-0.3, -0.25) is 0 Å². The Morgan fingerprint density at radius 1 is 0.846 bits per heavy atom. The molecule has 0 atom stereocenters. The normalized spacial score (nSPS) is 11.8. The molecule has 0 saturated carbocycles. The van der Waals surface area contributed by atoms with Crippen molar-refractivity contribution < 1.29 is 13.2 Å². The Hall–Kier alpha value is -2.37. The summed E-state index contributed by atoms with van der Waals surface area (Å²) in [5.74, 6) is 0.702. The number of nitrogens with zero attached hydrogens (tertiary/aromatic N) is 1. The van der Waals surface area contributed by atoms with E-state index in [-0.39, 0.29) is 0 Å². The maximum Gasteiger partial charge on any atom is 0.243 e. The van der Waals surface area contributed by atoms with Gasteiger partial charge in [0.2, 0.25) is 10.0 Å². The second-order valence-electron chi connectivity index (χ2n) is 5.96. The van der Waals surface area contributed by atoms with Crippen LogP contribution in [0.25, 0.3) is 10.8 Å². The first-order chi connectivity index (χ1) is 12.6. The second kappa shape index (κ2) is 7.89. The summed E-state index contributed by atoms with van der Waals surface area (Å²) < 4.78 is 33.8.